The number of rotatable bonds is 15. The van der Waals surface area contributed by atoms with Crippen molar-refractivity contribution in [2.24, 2.45) is 23.7 Å². The number of β-lactam (4-membered cyclic amide) rings is 1. The summed E-state index contributed by atoms with van der Waals surface area (Å²) >= 11 is 0. The molecule has 1 saturated heterocycles. The van der Waals surface area contributed by atoms with Gasteiger partial charge in [0.05, 0.1) is 0 Å². The number of unbranched alkanes of at least 4 members (excludes halogenated alkanes) is 3. The molecule has 1 unspecified atom stereocenters. The largest absolute Gasteiger partial charge is 0.481 e. The number of amides is 1. The first kappa shape index (κ1) is 28.6. The molecule has 1 atom stereocenters. The van der Waals surface area contributed by atoms with Crippen molar-refractivity contribution in [3.8, 4) is 0 Å². The van der Waals surface area contributed by atoms with Gasteiger partial charge in [-0.15, -0.1) is 0 Å². The molecule has 1 aromatic rings. The molecule has 0 bridgehead atoms. The number of aromatic amines is 1. The summed E-state index contributed by atoms with van der Waals surface area (Å²) in [4.78, 5) is 41.2. The predicted octanol–water partition coefficient (Wildman–Crippen LogP) is 5.22. The van der Waals surface area contributed by atoms with Crippen LogP contribution in [0.15, 0.2) is 6.33 Å². The molecule has 3 aliphatic rings. The molecule has 3 N–H and O–H groups in total. The summed E-state index contributed by atoms with van der Waals surface area (Å²) in [5, 5.41) is 24.9. The lowest BCUT2D eigenvalue weighted by molar-refractivity contribution is -0.157. The summed E-state index contributed by atoms with van der Waals surface area (Å²) in [6, 6.07) is 0.846. The molecule has 9 nitrogen and oxygen atoms in total. The van der Waals surface area contributed by atoms with Gasteiger partial charge in [-0.05, 0) is 69.1 Å². The number of nitrogens with zero attached hydrogens (tertiary/aromatic N) is 3. The molecule has 2 aliphatic carbocycles. The number of hydrogen-bond acceptors (Lipinski definition) is 5. The van der Waals surface area contributed by atoms with Crippen LogP contribution in [-0.2, 0) is 20.8 Å². The Labute approximate surface area is 226 Å². The molecular weight excluding hydrogens is 484 g/mol. The fraction of sp³-hybridized carbons (Fsp3) is 0.828. The van der Waals surface area contributed by atoms with Gasteiger partial charge >= 0.3 is 11.9 Å². The molecule has 1 amide bonds. The monoisotopic (exact) mass is 530 g/mol. The van der Waals surface area contributed by atoms with Crippen molar-refractivity contribution in [3.63, 3.8) is 0 Å². The zero-order valence-electron chi connectivity index (χ0n) is 22.7. The van der Waals surface area contributed by atoms with Crippen LogP contribution in [0.25, 0.3) is 0 Å². The predicted molar refractivity (Wildman–Crippen MR) is 142 cm³/mol. The van der Waals surface area contributed by atoms with Crippen LogP contribution in [0.2, 0.25) is 0 Å². The minimum Gasteiger partial charge on any atom is -0.481 e. The zero-order chi connectivity index (χ0) is 26.9. The van der Waals surface area contributed by atoms with Crippen LogP contribution >= 0.6 is 0 Å². The van der Waals surface area contributed by atoms with Crippen LogP contribution in [0, 0.1) is 23.7 Å². The molecule has 1 aromatic heterocycles. The molecule has 0 radical (unpaired) electrons. The van der Waals surface area contributed by atoms with Gasteiger partial charge in [-0.3, -0.25) is 19.5 Å². The highest BCUT2D eigenvalue weighted by atomic mass is 16.4. The number of carboxylic acids is 2. The van der Waals surface area contributed by atoms with Crippen molar-refractivity contribution in [2.45, 2.75) is 128 Å². The van der Waals surface area contributed by atoms with E-state index in [0.29, 0.717) is 42.7 Å². The molecule has 4 rings (SSSR count). The summed E-state index contributed by atoms with van der Waals surface area (Å²) in [7, 11) is 0. The third kappa shape index (κ3) is 7.79. The Kier molecular flexibility index (Phi) is 10.6. The lowest BCUT2D eigenvalue weighted by Crippen LogP contribution is -2.61. The fourth-order valence-corrected chi connectivity index (χ4v) is 7.29. The second-order valence-electron chi connectivity index (χ2n) is 12.1. The van der Waals surface area contributed by atoms with E-state index >= 15 is 0 Å². The average Bonchev–Trinajstić information content (AvgIpc) is 3.42. The highest BCUT2D eigenvalue weighted by molar-refractivity contribution is 5.92. The van der Waals surface area contributed by atoms with E-state index in [0.717, 1.165) is 69.5 Å². The summed E-state index contributed by atoms with van der Waals surface area (Å²) in [6.45, 7) is 0. The van der Waals surface area contributed by atoms with Crippen LogP contribution in [0.5, 0.6) is 0 Å². The number of nitrogens with one attached hydrogen (secondary N) is 1. The third-order valence-corrected chi connectivity index (χ3v) is 9.62. The van der Waals surface area contributed by atoms with Gasteiger partial charge in [0.25, 0.3) is 0 Å². The van der Waals surface area contributed by atoms with Gasteiger partial charge in [0, 0.05) is 24.9 Å². The van der Waals surface area contributed by atoms with Gasteiger partial charge in [0.1, 0.15) is 12.2 Å². The zero-order valence-corrected chi connectivity index (χ0v) is 22.7. The van der Waals surface area contributed by atoms with E-state index in [1.165, 1.54) is 38.5 Å². The number of hydrogen-bond donors (Lipinski definition) is 3. The first-order valence-electron chi connectivity index (χ1n) is 15.0. The number of aromatic nitrogens is 3. The number of aliphatic carboxylic acids is 2. The summed E-state index contributed by atoms with van der Waals surface area (Å²) in [5.41, 5.74) is 0. The fourth-order valence-electron chi connectivity index (χ4n) is 7.29. The molecule has 2 saturated carbocycles. The number of carbonyl (C=O) groups excluding carboxylic acids is 1. The van der Waals surface area contributed by atoms with E-state index in [-0.39, 0.29) is 6.42 Å². The van der Waals surface area contributed by atoms with Crippen LogP contribution in [0.3, 0.4) is 0 Å². The number of carbonyl (C=O) groups is 3. The molecule has 212 valence electrons. The highest BCUT2D eigenvalue weighted by Gasteiger charge is 2.46. The lowest BCUT2D eigenvalue weighted by Gasteiger charge is -2.52. The maximum atomic E-state index is 12.6. The SMILES string of the molecule is O=C(O)C(CCCC1CCC(C2CC(=O)N2C2CCC(CCCCCCc3ncn[nH]3)CC2)CC1)C(=O)O. The van der Waals surface area contributed by atoms with Crippen LogP contribution < -0.4 is 0 Å². The standard InChI is InChI=1S/C29H46N4O5/c34-27-18-25(22-14-10-21(11-15-22)7-5-8-24(28(35)36)29(37)38)33(27)23-16-12-20(13-17-23)6-3-1-2-4-9-26-30-19-31-32-26/h19-25H,1-18H2,(H,35,36)(H,37,38)(H,30,31,32). The van der Waals surface area contributed by atoms with Gasteiger partial charge in [-0.25, -0.2) is 4.98 Å². The van der Waals surface area contributed by atoms with Crippen molar-refractivity contribution in [2.75, 3.05) is 0 Å². The van der Waals surface area contributed by atoms with E-state index in [9.17, 15) is 14.4 Å². The van der Waals surface area contributed by atoms with Gasteiger partial charge < -0.3 is 15.1 Å². The number of carboxylic acid groups (broad SMARTS) is 2. The summed E-state index contributed by atoms with van der Waals surface area (Å²) < 4.78 is 0. The smallest absolute Gasteiger partial charge is 0.317 e. The van der Waals surface area contributed by atoms with E-state index in [1.807, 2.05) is 0 Å². The molecule has 9 heteroatoms. The van der Waals surface area contributed by atoms with Gasteiger partial charge in [0.15, 0.2) is 5.92 Å². The first-order chi connectivity index (χ1) is 18.4. The minimum atomic E-state index is -1.29. The highest BCUT2D eigenvalue weighted by Crippen LogP contribution is 2.43. The van der Waals surface area contributed by atoms with Crippen molar-refractivity contribution in [3.05, 3.63) is 12.2 Å². The molecule has 1 aliphatic heterocycles. The Morgan fingerprint density at radius 1 is 0.895 bits per heavy atom. The van der Waals surface area contributed by atoms with E-state index in [2.05, 4.69) is 20.1 Å². The minimum absolute atomic E-state index is 0.210. The van der Waals surface area contributed by atoms with E-state index in [1.54, 1.807) is 6.33 Å². The second-order valence-corrected chi connectivity index (χ2v) is 12.1. The number of H-pyrrole nitrogens is 1. The molecule has 2 heterocycles. The Balaban J connectivity index is 1.09. The molecule has 38 heavy (non-hydrogen) atoms. The number of aryl methyl sites for hydroxylation is 1. The number of likely N-dealkylation sites (tertiary alicyclic amines) is 1. The van der Waals surface area contributed by atoms with Gasteiger partial charge in [-0.2, -0.15) is 5.10 Å². The van der Waals surface area contributed by atoms with Crippen LogP contribution in [0.4, 0.5) is 0 Å². The topological polar surface area (TPSA) is 136 Å². The lowest BCUT2D eigenvalue weighted by atomic mass is 9.72. The Morgan fingerprint density at radius 2 is 1.53 bits per heavy atom. The van der Waals surface area contributed by atoms with Gasteiger partial charge in [0.2, 0.25) is 5.91 Å². The van der Waals surface area contributed by atoms with Crippen molar-refractivity contribution in [1.29, 1.82) is 0 Å². The molecule has 0 aromatic carbocycles. The molecular formula is C29H46N4O5. The quantitative estimate of drug-likeness (QED) is 0.161. The summed E-state index contributed by atoms with van der Waals surface area (Å²) in [5.74, 6) is -0.472. The first-order valence-corrected chi connectivity index (χ1v) is 15.0. The average molecular weight is 531 g/mol. The van der Waals surface area contributed by atoms with Crippen molar-refractivity contribution < 1.29 is 24.6 Å². The normalized spacial score (nSPS) is 27.9. The van der Waals surface area contributed by atoms with Crippen molar-refractivity contribution >= 4 is 17.8 Å². The van der Waals surface area contributed by atoms with E-state index in [4.69, 9.17) is 10.2 Å². The van der Waals surface area contributed by atoms with Gasteiger partial charge in [-0.1, -0.05) is 51.4 Å². The Morgan fingerprint density at radius 3 is 2.13 bits per heavy atom. The summed E-state index contributed by atoms with van der Waals surface area (Å²) in [6.07, 6.45) is 20.6. The van der Waals surface area contributed by atoms with Crippen LogP contribution in [0.1, 0.15) is 115 Å². The third-order valence-electron chi connectivity index (χ3n) is 9.62. The Hall–Kier alpha value is -2.45. The Bertz CT molecular complexity index is 877. The van der Waals surface area contributed by atoms with Crippen LogP contribution in [-0.4, -0.2) is 60.2 Å². The second kappa shape index (κ2) is 14.1. The van der Waals surface area contributed by atoms with Crippen molar-refractivity contribution in [1.82, 2.24) is 20.1 Å². The maximum Gasteiger partial charge on any atom is 0.317 e. The molecule has 0 spiro atoms. The maximum absolute atomic E-state index is 12.6. The molecule has 3 fully saturated rings. The van der Waals surface area contributed by atoms with E-state index < -0.39 is 17.9 Å².